The average Bonchev–Trinajstić information content (AvgIpc) is 3.20. The van der Waals surface area contributed by atoms with Gasteiger partial charge >= 0.3 is 0 Å². The van der Waals surface area contributed by atoms with Crippen molar-refractivity contribution in [2.45, 2.75) is 49.7 Å². The lowest BCUT2D eigenvalue weighted by atomic mass is 10.0. The zero-order valence-corrected chi connectivity index (χ0v) is 18.6. The number of carbonyl (C=O) groups is 1. The van der Waals surface area contributed by atoms with Crippen LogP contribution < -0.4 is 4.74 Å². The number of hydrogen-bond acceptors (Lipinski definition) is 4. The molecule has 5 unspecified atom stereocenters. The summed E-state index contributed by atoms with van der Waals surface area (Å²) in [4.78, 5) is 14.4. The highest BCUT2D eigenvalue weighted by Crippen LogP contribution is 2.33. The minimum absolute atomic E-state index is 0.0358. The third-order valence-corrected chi connectivity index (χ3v) is 6.61. The maximum absolute atomic E-state index is 14.7. The summed E-state index contributed by atoms with van der Waals surface area (Å²) in [5.41, 5.74) is -1.02. The first kappa shape index (κ1) is 24.0. The van der Waals surface area contributed by atoms with Gasteiger partial charge in [-0.25, -0.2) is 4.39 Å². The van der Waals surface area contributed by atoms with Gasteiger partial charge in [0.2, 0.25) is 11.4 Å². The molecule has 5 atom stereocenters. The van der Waals surface area contributed by atoms with Crippen LogP contribution in [0.5, 0.6) is 5.75 Å². The number of halogens is 1. The van der Waals surface area contributed by atoms with Crippen molar-refractivity contribution in [1.29, 1.82) is 0 Å². The Hall–Kier alpha value is -2.25. The molecule has 0 radical (unpaired) electrons. The largest absolute Gasteiger partial charge is 0.497 e. The van der Waals surface area contributed by atoms with E-state index in [4.69, 9.17) is 4.74 Å². The van der Waals surface area contributed by atoms with Crippen LogP contribution in [0.1, 0.15) is 38.8 Å². The molecule has 5 nitrogen and oxygen atoms in total. The second-order valence-corrected chi connectivity index (χ2v) is 8.43. The van der Waals surface area contributed by atoms with E-state index in [0.29, 0.717) is 4.90 Å². The number of nitrogens with zero attached hydrogens (tertiary/aromatic N) is 1. The monoisotopic (exact) mass is 435 g/mol. The number of benzene rings is 2. The molecule has 0 spiro atoms. The van der Waals surface area contributed by atoms with Gasteiger partial charge in [0.05, 0.1) is 24.0 Å². The second kappa shape index (κ2) is 11.2. The first-order valence-electron chi connectivity index (χ1n) is 10.1. The summed E-state index contributed by atoms with van der Waals surface area (Å²) in [6.45, 7) is 6.11. The van der Waals surface area contributed by atoms with Crippen molar-refractivity contribution in [3.05, 3.63) is 60.2 Å². The van der Waals surface area contributed by atoms with Crippen LogP contribution in [0.25, 0.3) is 0 Å². The number of aliphatic hydroxyl groups excluding tert-OH is 1. The van der Waals surface area contributed by atoms with E-state index >= 15 is 0 Å². The lowest BCUT2D eigenvalue weighted by Crippen LogP contribution is -2.36. The molecule has 1 aliphatic heterocycles. The van der Waals surface area contributed by atoms with Gasteiger partial charge in [-0.05, 0) is 36.8 Å². The number of methoxy groups -OCH3 is 1. The van der Waals surface area contributed by atoms with Crippen LogP contribution in [-0.2, 0) is 15.6 Å². The second-order valence-electron chi connectivity index (χ2n) is 6.91. The van der Waals surface area contributed by atoms with Crippen LogP contribution in [0.2, 0.25) is 0 Å². The topological polar surface area (TPSA) is 66.8 Å². The fourth-order valence-corrected chi connectivity index (χ4v) is 4.61. The minimum atomic E-state index is -1.99. The van der Waals surface area contributed by atoms with Crippen molar-refractivity contribution < 1.29 is 23.2 Å². The highest BCUT2D eigenvalue weighted by atomic mass is 32.2. The van der Waals surface area contributed by atoms with Crippen LogP contribution in [0.4, 0.5) is 4.39 Å². The first-order chi connectivity index (χ1) is 14.4. The summed E-state index contributed by atoms with van der Waals surface area (Å²) in [5, 5.41) is 10.4. The van der Waals surface area contributed by atoms with Gasteiger partial charge in [0.15, 0.2) is 0 Å². The smallest absolute Gasteiger partial charge is 0.223 e. The first-order valence-corrected chi connectivity index (χ1v) is 11.3. The number of alkyl halides is 1. The summed E-state index contributed by atoms with van der Waals surface area (Å²) in [7, 11) is -0.403. The highest BCUT2D eigenvalue weighted by molar-refractivity contribution is 7.85. The summed E-state index contributed by atoms with van der Waals surface area (Å²) in [6.07, 6.45) is -1.44. The van der Waals surface area contributed by atoms with E-state index in [1.54, 1.807) is 42.3 Å². The van der Waals surface area contributed by atoms with E-state index in [2.05, 4.69) is 0 Å². The molecular formula is C23H30FNO4S. The van der Waals surface area contributed by atoms with Gasteiger partial charge < -0.3 is 14.7 Å². The van der Waals surface area contributed by atoms with Crippen molar-refractivity contribution in [2.24, 2.45) is 5.92 Å². The molecule has 2 aromatic carbocycles. The Morgan fingerprint density at radius 3 is 2.30 bits per heavy atom. The summed E-state index contributed by atoms with van der Waals surface area (Å²) in [5.74, 6) is -0.0263. The van der Waals surface area contributed by atoms with E-state index in [0.717, 1.165) is 11.3 Å². The van der Waals surface area contributed by atoms with Crippen LogP contribution in [0.3, 0.4) is 0 Å². The Bertz CT molecular complexity index is 831. The molecule has 1 amide bonds. The minimum Gasteiger partial charge on any atom is -0.497 e. The Kier molecular flexibility index (Phi) is 8.99. The van der Waals surface area contributed by atoms with Gasteiger partial charge in [0.1, 0.15) is 11.9 Å². The zero-order chi connectivity index (χ0) is 22.3. The fraction of sp³-hybridized carbons (Fsp3) is 0.435. The zero-order valence-electron chi connectivity index (χ0n) is 17.8. The number of ether oxygens (including phenoxy) is 1. The molecule has 0 aliphatic carbocycles. The van der Waals surface area contributed by atoms with Gasteiger partial charge in [-0.1, -0.05) is 44.2 Å². The average molecular weight is 436 g/mol. The lowest BCUT2D eigenvalue weighted by Gasteiger charge is -2.27. The van der Waals surface area contributed by atoms with Crippen molar-refractivity contribution in [3.63, 3.8) is 0 Å². The van der Waals surface area contributed by atoms with Gasteiger partial charge in [-0.3, -0.25) is 9.00 Å². The van der Waals surface area contributed by atoms with Gasteiger partial charge in [-0.15, -0.1) is 0 Å². The maximum atomic E-state index is 14.7. The summed E-state index contributed by atoms with van der Waals surface area (Å²) >= 11 is 0. The molecule has 2 aromatic rings. The molecule has 30 heavy (non-hydrogen) atoms. The lowest BCUT2D eigenvalue weighted by molar-refractivity contribution is -0.129. The molecule has 3 rings (SSSR count). The molecule has 1 saturated heterocycles. The molecule has 164 valence electrons. The molecule has 1 aliphatic rings. The Morgan fingerprint density at radius 2 is 1.73 bits per heavy atom. The standard InChI is InChI=1S/C21H24FNO4S.C2H6/c1-14(15-8-10-17(27-2)11-9-15)23-13-16(12-19(23)24)20(25)21(22)28(26)18-6-4-3-5-7-18;1-2/h3-11,14,16,20-21,25H,12-13H2,1-2H3;1-2H3. The van der Waals surface area contributed by atoms with E-state index in [9.17, 15) is 18.5 Å². The third kappa shape index (κ3) is 5.46. The molecule has 0 bridgehead atoms. The quantitative estimate of drug-likeness (QED) is 0.711. The van der Waals surface area contributed by atoms with Crippen LogP contribution in [0, 0.1) is 5.92 Å². The van der Waals surface area contributed by atoms with E-state index in [-0.39, 0.29) is 24.9 Å². The molecule has 1 fully saturated rings. The van der Waals surface area contributed by atoms with Crippen LogP contribution in [-0.4, -0.2) is 45.4 Å². The van der Waals surface area contributed by atoms with E-state index in [1.807, 2.05) is 45.0 Å². The molecule has 0 aromatic heterocycles. The van der Waals surface area contributed by atoms with Crippen LogP contribution in [0.15, 0.2) is 59.5 Å². The number of carbonyl (C=O) groups excluding carboxylic acids is 1. The van der Waals surface area contributed by atoms with Crippen LogP contribution >= 0.6 is 0 Å². The summed E-state index contributed by atoms with van der Waals surface area (Å²) in [6, 6.07) is 15.4. The highest BCUT2D eigenvalue weighted by Gasteiger charge is 2.41. The Balaban J connectivity index is 0.00000155. The van der Waals surface area contributed by atoms with Crippen molar-refractivity contribution in [3.8, 4) is 5.75 Å². The Morgan fingerprint density at radius 1 is 1.13 bits per heavy atom. The van der Waals surface area contributed by atoms with Crippen molar-refractivity contribution in [2.75, 3.05) is 13.7 Å². The van der Waals surface area contributed by atoms with Gasteiger partial charge in [0.25, 0.3) is 0 Å². The fourth-order valence-electron chi connectivity index (χ4n) is 3.45. The number of amides is 1. The Labute approximate surface area is 180 Å². The number of hydrogen-bond donors (Lipinski definition) is 1. The number of aliphatic hydroxyl groups is 1. The molecule has 0 saturated carbocycles. The van der Waals surface area contributed by atoms with Crippen molar-refractivity contribution in [1.82, 2.24) is 4.90 Å². The van der Waals surface area contributed by atoms with Crippen molar-refractivity contribution >= 4 is 16.7 Å². The predicted molar refractivity (Wildman–Crippen MR) is 116 cm³/mol. The van der Waals surface area contributed by atoms with E-state index < -0.39 is 28.3 Å². The molecular weight excluding hydrogens is 405 g/mol. The number of likely N-dealkylation sites (tertiary alicyclic amines) is 1. The van der Waals surface area contributed by atoms with Gasteiger partial charge in [0, 0.05) is 23.8 Å². The maximum Gasteiger partial charge on any atom is 0.223 e. The SMILES string of the molecule is CC.COc1ccc(C(C)N2CC(C(O)C(F)S(=O)c3ccccc3)CC2=O)cc1. The number of rotatable bonds is 7. The summed E-state index contributed by atoms with van der Waals surface area (Å²) < 4.78 is 32.2. The molecule has 1 heterocycles. The third-order valence-electron chi connectivity index (χ3n) is 5.19. The molecule has 1 N–H and O–H groups in total. The normalized spacial score (nSPS) is 20.0. The van der Waals surface area contributed by atoms with E-state index in [1.165, 1.54) is 0 Å². The predicted octanol–water partition coefficient (Wildman–Crippen LogP) is 4.10. The molecule has 7 heteroatoms. The van der Waals surface area contributed by atoms with Gasteiger partial charge in [-0.2, -0.15) is 0 Å².